The lowest BCUT2D eigenvalue weighted by Gasteiger charge is -2.28. The summed E-state index contributed by atoms with van der Waals surface area (Å²) in [4.78, 5) is 6.38. The highest BCUT2D eigenvalue weighted by atomic mass is 32.1. The maximum absolute atomic E-state index is 5.61. The average molecular weight is 313 g/mol. The molecule has 0 bridgehead atoms. The second kappa shape index (κ2) is 8.49. The van der Waals surface area contributed by atoms with Crippen LogP contribution in [0.15, 0.2) is 54.9 Å². The molecule has 22 heavy (non-hydrogen) atoms. The van der Waals surface area contributed by atoms with E-state index in [1.807, 2.05) is 18.3 Å². The molecule has 1 aromatic carbocycles. The Balaban J connectivity index is 2.11. The Morgan fingerprint density at radius 3 is 2.45 bits per heavy atom. The second-order valence-electron chi connectivity index (χ2n) is 5.46. The van der Waals surface area contributed by atoms with Crippen molar-refractivity contribution in [2.75, 3.05) is 0 Å². The van der Waals surface area contributed by atoms with Gasteiger partial charge in [0.2, 0.25) is 0 Å². The van der Waals surface area contributed by atoms with Crippen molar-refractivity contribution < 1.29 is 0 Å². The van der Waals surface area contributed by atoms with E-state index in [4.69, 9.17) is 12.2 Å². The Labute approximate surface area is 138 Å². The molecule has 0 spiro atoms. The number of thiocarbonyl (C=S) groups is 1. The maximum atomic E-state index is 5.61. The van der Waals surface area contributed by atoms with E-state index in [1.165, 1.54) is 5.56 Å². The van der Waals surface area contributed by atoms with Crippen molar-refractivity contribution in [3.05, 3.63) is 66.0 Å². The first-order valence-corrected chi connectivity index (χ1v) is 8.08. The molecule has 4 heteroatoms. The van der Waals surface area contributed by atoms with Crippen LogP contribution in [-0.2, 0) is 13.1 Å². The zero-order valence-electron chi connectivity index (χ0n) is 13.2. The van der Waals surface area contributed by atoms with Crippen molar-refractivity contribution in [2.45, 2.75) is 39.4 Å². The zero-order chi connectivity index (χ0) is 15.8. The van der Waals surface area contributed by atoms with Gasteiger partial charge in [0.25, 0.3) is 0 Å². The molecule has 2 rings (SSSR count). The van der Waals surface area contributed by atoms with E-state index >= 15 is 0 Å². The molecule has 116 valence electrons. The summed E-state index contributed by atoms with van der Waals surface area (Å²) in [6.45, 7) is 5.85. The van der Waals surface area contributed by atoms with Gasteiger partial charge in [0, 0.05) is 31.5 Å². The van der Waals surface area contributed by atoms with Crippen LogP contribution >= 0.6 is 12.2 Å². The molecule has 0 saturated heterocycles. The van der Waals surface area contributed by atoms with E-state index in [2.05, 4.69) is 59.4 Å². The highest BCUT2D eigenvalue weighted by Gasteiger charge is 2.13. The van der Waals surface area contributed by atoms with Crippen LogP contribution in [0.4, 0.5) is 0 Å². The predicted octanol–water partition coefficient (Wildman–Crippen LogP) is 3.76. The van der Waals surface area contributed by atoms with Gasteiger partial charge in [0.15, 0.2) is 5.11 Å². The summed E-state index contributed by atoms with van der Waals surface area (Å²) in [6, 6.07) is 14.8. The SMILES string of the molecule is CC[C@H](C)NC(=S)N(Cc1ccccc1)Cc1cccnc1. The van der Waals surface area contributed by atoms with Crippen LogP contribution in [0, 0.1) is 0 Å². The lowest BCUT2D eigenvalue weighted by Crippen LogP contribution is -2.42. The molecule has 1 N–H and O–H groups in total. The van der Waals surface area contributed by atoms with E-state index in [1.54, 1.807) is 6.20 Å². The molecule has 3 nitrogen and oxygen atoms in total. The minimum absolute atomic E-state index is 0.375. The van der Waals surface area contributed by atoms with Crippen LogP contribution < -0.4 is 5.32 Å². The molecule has 0 amide bonds. The Morgan fingerprint density at radius 2 is 1.82 bits per heavy atom. The molecule has 1 aromatic heterocycles. The number of hydrogen-bond acceptors (Lipinski definition) is 2. The van der Waals surface area contributed by atoms with E-state index in [0.29, 0.717) is 6.04 Å². The standard InChI is InChI=1S/C18H23N3S/c1-3-15(2)20-18(22)21(13-16-8-5-4-6-9-16)14-17-10-7-11-19-12-17/h4-12,15H,3,13-14H2,1-2H3,(H,20,22)/t15-/m0/s1. The first-order valence-electron chi connectivity index (χ1n) is 7.67. The van der Waals surface area contributed by atoms with E-state index in [-0.39, 0.29) is 0 Å². The summed E-state index contributed by atoms with van der Waals surface area (Å²) in [5.74, 6) is 0. The number of hydrogen-bond donors (Lipinski definition) is 1. The Morgan fingerprint density at radius 1 is 1.14 bits per heavy atom. The molecular formula is C18H23N3S. The largest absolute Gasteiger partial charge is 0.360 e. The molecule has 0 fully saturated rings. The lowest BCUT2D eigenvalue weighted by molar-refractivity contribution is 0.391. The summed E-state index contributed by atoms with van der Waals surface area (Å²) in [7, 11) is 0. The topological polar surface area (TPSA) is 28.2 Å². The second-order valence-corrected chi connectivity index (χ2v) is 5.85. The normalized spacial score (nSPS) is 11.7. The van der Waals surface area contributed by atoms with Gasteiger partial charge in [0.1, 0.15) is 0 Å². The Hall–Kier alpha value is -1.94. The minimum atomic E-state index is 0.375. The number of nitrogens with one attached hydrogen (secondary N) is 1. The quantitative estimate of drug-likeness (QED) is 0.822. The predicted molar refractivity (Wildman–Crippen MR) is 95.4 cm³/mol. The number of benzene rings is 1. The van der Waals surface area contributed by atoms with Crippen LogP contribution in [0.1, 0.15) is 31.4 Å². The molecule has 1 atom stereocenters. The lowest BCUT2D eigenvalue weighted by atomic mass is 10.2. The van der Waals surface area contributed by atoms with Crippen molar-refractivity contribution in [1.29, 1.82) is 0 Å². The van der Waals surface area contributed by atoms with Crippen molar-refractivity contribution in [2.24, 2.45) is 0 Å². The fourth-order valence-corrected chi connectivity index (χ4v) is 2.45. The molecule has 0 aliphatic heterocycles. The Kier molecular flexibility index (Phi) is 6.34. The molecule has 0 saturated carbocycles. The molecule has 0 aliphatic carbocycles. The number of nitrogens with zero attached hydrogens (tertiary/aromatic N) is 2. The van der Waals surface area contributed by atoms with E-state index in [0.717, 1.165) is 30.2 Å². The molecular weight excluding hydrogens is 290 g/mol. The van der Waals surface area contributed by atoms with E-state index < -0.39 is 0 Å². The van der Waals surface area contributed by atoms with Crippen LogP contribution in [0.2, 0.25) is 0 Å². The molecule has 0 unspecified atom stereocenters. The fourth-order valence-electron chi connectivity index (χ4n) is 2.12. The maximum Gasteiger partial charge on any atom is 0.169 e. The molecule has 1 heterocycles. The van der Waals surface area contributed by atoms with Crippen LogP contribution in [0.5, 0.6) is 0 Å². The molecule has 2 aromatic rings. The van der Waals surface area contributed by atoms with Gasteiger partial charge in [0.05, 0.1) is 0 Å². The third kappa shape index (κ3) is 5.11. The highest BCUT2D eigenvalue weighted by molar-refractivity contribution is 7.80. The van der Waals surface area contributed by atoms with E-state index in [9.17, 15) is 0 Å². The van der Waals surface area contributed by atoms with Crippen LogP contribution in [-0.4, -0.2) is 21.0 Å². The van der Waals surface area contributed by atoms with Crippen molar-refractivity contribution in [1.82, 2.24) is 15.2 Å². The monoisotopic (exact) mass is 313 g/mol. The number of pyridine rings is 1. The van der Waals surface area contributed by atoms with Crippen LogP contribution in [0.25, 0.3) is 0 Å². The van der Waals surface area contributed by atoms with Gasteiger partial charge >= 0.3 is 0 Å². The summed E-state index contributed by atoms with van der Waals surface area (Å²) < 4.78 is 0. The minimum Gasteiger partial charge on any atom is -0.360 e. The van der Waals surface area contributed by atoms with Crippen LogP contribution in [0.3, 0.4) is 0 Å². The fraction of sp³-hybridized carbons (Fsp3) is 0.333. The number of rotatable bonds is 6. The van der Waals surface area contributed by atoms with Gasteiger partial charge in [-0.25, -0.2) is 0 Å². The summed E-state index contributed by atoms with van der Waals surface area (Å²) in [5, 5.41) is 4.20. The van der Waals surface area contributed by atoms with Gasteiger partial charge in [-0.15, -0.1) is 0 Å². The van der Waals surface area contributed by atoms with Crippen molar-refractivity contribution in [3.63, 3.8) is 0 Å². The zero-order valence-corrected chi connectivity index (χ0v) is 14.0. The van der Waals surface area contributed by atoms with Gasteiger partial charge in [-0.2, -0.15) is 0 Å². The van der Waals surface area contributed by atoms with Gasteiger partial charge in [-0.1, -0.05) is 43.3 Å². The van der Waals surface area contributed by atoms with Crippen molar-refractivity contribution in [3.8, 4) is 0 Å². The summed E-state index contributed by atoms with van der Waals surface area (Å²) in [6.07, 6.45) is 4.73. The molecule has 0 aliphatic rings. The highest BCUT2D eigenvalue weighted by Crippen LogP contribution is 2.10. The van der Waals surface area contributed by atoms with Gasteiger partial charge < -0.3 is 10.2 Å². The molecule has 0 radical (unpaired) electrons. The summed E-state index contributed by atoms with van der Waals surface area (Å²) in [5.41, 5.74) is 2.41. The van der Waals surface area contributed by atoms with Gasteiger partial charge in [-0.3, -0.25) is 4.98 Å². The summed E-state index contributed by atoms with van der Waals surface area (Å²) >= 11 is 5.61. The number of aromatic nitrogens is 1. The average Bonchev–Trinajstić information content (AvgIpc) is 2.56. The third-order valence-corrected chi connectivity index (χ3v) is 3.96. The third-order valence-electron chi connectivity index (χ3n) is 3.58. The van der Waals surface area contributed by atoms with Crippen molar-refractivity contribution >= 4 is 17.3 Å². The first kappa shape index (κ1) is 16.4. The first-order chi connectivity index (χ1) is 10.7. The Bertz CT molecular complexity index is 530. The van der Waals surface area contributed by atoms with Gasteiger partial charge in [-0.05, 0) is 42.8 Å². The smallest absolute Gasteiger partial charge is 0.169 e.